The highest BCUT2D eigenvalue weighted by atomic mass is 32.2. The van der Waals surface area contributed by atoms with Crippen molar-refractivity contribution in [2.24, 2.45) is 4.99 Å². The number of amidine groups is 1. The lowest BCUT2D eigenvalue weighted by atomic mass is 10.2. The van der Waals surface area contributed by atoms with E-state index in [1.807, 2.05) is 13.8 Å². The number of ether oxygens (including phenoxy) is 3. The van der Waals surface area contributed by atoms with Gasteiger partial charge in [-0.3, -0.25) is 14.5 Å². The molecule has 2 aromatic rings. The number of fused-ring (bicyclic) bond motifs is 1. The van der Waals surface area contributed by atoms with Crippen molar-refractivity contribution < 1.29 is 23.8 Å². The minimum Gasteiger partial charge on any atom is -0.494 e. The predicted molar refractivity (Wildman–Crippen MR) is 119 cm³/mol. The van der Waals surface area contributed by atoms with Gasteiger partial charge in [0, 0.05) is 24.7 Å². The summed E-state index contributed by atoms with van der Waals surface area (Å²) in [5, 5.41) is 2.79. The second kappa shape index (κ2) is 9.30. The van der Waals surface area contributed by atoms with Crippen LogP contribution in [0.4, 0.5) is 11.4 Å². The summed E-state index contributed by atoms with van der Waals surface area (Å²) in [5.74, 6) is 1.64. The molecule has 0 aliphatic carbocycles. The van der Waals surface area contributed by atoms with Gasteiger partial charge in [-0.05, 0) is 50.2 Å². The maximum atomic E-state index is 12.8. The molecule has 9 heteroatoms. The van der Waals surface area contributed by atoms with Gasteiger partial charge in [0.2, 0.25) is 18.6 Å². The standard InChI is InChI=1S/C22H23N3O5S/c1-3-25-20(26)12-19(21(27)23-14-5-8-16(9-6-14)28-4-2)31-22(25)24-15-7-10-17-18(11-15)30-13-29-17/h5-11,19H,3-4,12-13H2,1-2H3,(H,23,27)/t19-/m0/s1. The highest BCUT2D eigenvalue weighted by Gasteiger charge is 2.35. The van der Waals surface area contributed by atoms with Crippen molar-refractivity contribution in [3.63, 3.8) is 0 Å². The van der Waals surface area contributed by atoms with Gasteiger partial charge in [-0.1, -0.05) is 11.8 Å². The molecule has 2 aliphatic rings. The van der Waals surface area contributed by atoms with Gasteiger partial charge in [0.25, 0.3) is 0 Å². The lowest BCUT2D eigenvalue weighted by Gasteiger charge is -2.30. The largest absolute Gasteiger partial charge is 0.494 e. The van der Waals surface area contributed by atoms with Gasteiger partial charge in [-0.2, -0.15) is 0 Å². The van der Waals surface area contributed by atoms with Gasteiger partial charge < -0.3 is 19.5 Å². The number of carbonyl (C=O) groups excluding carboxylic acids is 2. The Morgan fingerprint density at radius 1 is 1.19 bits per heavy atom. The van der Waals surface area contributed by atoms with Crippen LogP contribution >= 0.6 is 11.8 Å². The molecule has 1 atom stereocenters. The van der Waals surface area contributed by atoms with Gasteiger partial charge >= 0.3 is 0 Å². The number of hydrogen-bond donors (Lipinski definition) is 1. The lowest BCUT2D eigenvalue weighted by Crippen LogP contribution is -2.45. The van der Waals surface area contributed by atoms with Crippen LogP contribution < -0.4 is 19.5 Å². The monoisotopic (exact) mass is 441 g/mol. The third-order valence-corrected chi connectivity index (χ3v) is 5.95. The Hall–Kier alpha value is -3.20. The molecule has 162 valence electrons. The van der Waals surface area contributed by atoms with E-state index in [1.54, 1.807) is 47.4 Å². The average molecular weight is 442 g/mol. The van der Waals surface area contributed by atoms with Crippen LogP contribution in [-0.2, 0) is 9.59 Å². The molecule has 8 nitrogen and oxygen atoms in total. The van der Waals surface area contributed by atoms with Gasteiger partial charge in [-0.25, -0.2) is 4.99 Å². The van der Waals surface area contributed by atoms with E-state index in [2.05, 4.69) is 10.3 Å². The topological polar surface area (TPSA) is 89.5 Å². The van der Waals surface area contributed by atoms with Crippen LogP contribution in [0, 0.1) is 0 Å². The second-order valence-electron chi connectivity index (χ2n) is 6.83. The summed E-state index contributed by atoms with van der Waals surface area (Å²) in [6.07, 6.45) is 0.113. The number of carbonyl (C=O) groups is 2. The molecule has 2 amide bonds. The number of amides is 2. The molecule has 1 fully saturated rings. The van der Waals surface area contributed by atoms with Crippen molar-refractivity contribution in [2.45, 2.75) is 25.5 Å². The fourth-order valence-corrected chi connectivity index (χ4v) is 4.40. The molecule has 0 saturated carbocycles. The zero-order valence-electron chi connectivity index (χ0n) is 17.3. The highest BCUT2D eigenvalue weighted by Crippen LogP contribution is 2.37. The summed E-state index contributed by atoms with van der Waals surface area (Å²) >= 11 is 1.28. The summed E-state index contributed by atoms with van der Waals surface area (Å²) < 4.78 is 16.1. The Morgan fingerprint density at radius 2 is 1.97 bits per heavy atom. The number of aliphatic imine (C=N–C) groups is 1. The van der Waals surface area contributed by atoms with E-state index < -0.39 is 5.25 Å². The van der Waals surface area contributed by atoms with E-state index in [-0.39, 0.29) is 25.0 Å². The zero-order chi connectivity index (χ0) is 21.8. The molecule has 0 radical (unpaired) electrons. The first-order valence-corrected chi connectivity index (χ1v) is 10.9. The molecule has 1 N–H and O–H groups in total. The molecule has 2 aliphatic heterocycles. The first kappa shape index (κ1) is 21.0. The first-order chi connectivity index (χ1) is 15.1. The summed E-state index contributed by atoms with van der Waals surface area (Å²) in [4.78, 5) is 31.7. The molecule has 0 bridgehead atoms. The number of nitrogens with zero attached hydrogens (tertiary/aromatic N) is 2. The normalized spacial score (nSPS) is 18.9. The second-order valence-corrected chi connectivity index (χ2v) is 8.00. The lowest BCUT2D eigenvalue weighted by molar-refractivity contribution is -0.129. The molecule has 0 spiro atoms. The van der Waals surface area contributed by atoms with E-state index >= 15 is 0 Å². The van der Waals surface area contributed by atoms with E-state index in [1.165, 1.54) is 11.8 Å². The fourth-order valence-electron chi connectivity index (χ4n) is 3.24. The molecule has 0 aromatic heterocycles. The van der Waals surface area contributed by atoms with Crippen molar-refractivity contribution in [3.05, 3.63) is 42.5 Å². The number of nitrogens with one attached hydrogen (secondary N) is 1. The van der Waals surface area contributed by atoms with E-state index in [9.17, 15) is 9.59 Å². The Kier molecular flexibility index (Phi) is 6.31. The first-order valence-electron chi connectivity index (χ1n) is 10.1. The van der Waals surface area contributed by atoms with Crippen molar-refractivity contribution in [1.29, 1.82) is 0 Å². The summed E-state index contributed by atoms with van der Waals surface area (Å²) in [7, 11) is 0. The van der Waals surface area contributed by atoms with Crippen LogP contribution in [0.5, 0.6) is 17.2 Å². The Morgan fingerprint density at radius 3 is 2.71 bits per heavy atom. The van der Waals surface area contributed by atoms with Crippen molar-refractivity contribution in [1.82, 2.24) is 4.90 Å². The van der Waals surface area contributed by atoms with Crippen molar-refractivity contribution >= 4 is 40.1 Å². The number of anilines is 1. The molecule has 1 saturated heterocycles. The molecular weight excluding hydrogens is 418 g/mol. The Labute approximate surface area is 184 Å². The molecule has 31 heavy (non-hydrogen) atoms. The van der Waals surface area contributed by atoms with Crippen LogP contribution in [-0.4, -0.2) is 47.1 Å². The summed E-state index contributed by atoms with van der Waals surface area (Å²) in [6, 6.07) is 12.5. The van der Waals surface area contributed by atoms with Gasteiger partial charge in [0.15, 0.2) is 16.7 Å². The maximum absolute atomic E-state index is 12.8. The fraction of sp³-hybridized carbons (Fsp3) is 0.318. The number of benzene rings is 2. The Balaban J connectivity index is 1.50. The van der Waals surface area contributed by atoms with E-state index in [4.69, 9.17) is 14.2 Å². The van der Waals surface area contributed by atoms with Gasteiger partial charge in [0.1, 0.15) is 11.0 Å². The minimum atomic E-state index is -0.574. The molecule has 0 unspecified atom stereocenters. The third kappa shape index (κ3) is 4.77. The van der Waals surface area contributed by atoms with Crippen LogP contribution in [0.2, 0.25) is 0 Å². The molecule has 2 aromatic carbocycles. The highest BCUT2D eigenvalue weighted by molar-refractivity contribution is 8.15. The number of thioether (sulfide) groups is 1. The molecular formula is C22H23N3O5S. The maximum Gasteiger partial charge on any atom is 0.238 e. The van der Waals surface area contributed by atoms with Crippen LogP contribution in [0.25, 0.3) is 0 Å². The van der Waals surface area contributed by atoms with Crippen LogP contribution in [0.3, 0.4) is 0 Å². The molecule has 2 heterocycles. The predicted octanol–water partition coefficient (Wildman–Crippen LogP) is 3.79. The van der Waals surface area contributed by atoms with Crippen molar-refractivity contribution in [3.8, 4) is 17.2 Å². The number of hydrogen-bond acceptors (Lipinski definition) is 7. The summed E-state index contributed by atoms with van der Waals surface area (Å²) in [5.41, 5.74) is 1.28. The molecule has 4 rings (SSSR count). The smallest absolute Gasteiger partial charge is 0.238 e. The van der Waals surface area contributed by atoms with Gasteiger partial charge in [-0.15, -0.1) is 0 Å². The SMILES string of the molecule is CCOc1ccc(NC(=O)[C@@H]2CC(=O)N(CC)C(=Nc3ccc4c(c3)OCO4)S2)cc1. The third-order valence-electron chi connectivity index (χ3n) is 4.76. The Bertz CT molecular complexity index is 1010. The van der Waals surface area contributed by atoms with Crippen LogP contribution in [0.15, 0.2) is 47.5 Å². The van der Waals surface area contributed by atoms with Crippen molar-refractivity contribution in [2.75, 3.05) is 25.3 Å². The van der Waals surface area contributed by atoms with Crippen LogP contribution in [0.1, 0.15) is 20.3 Å². The number of rotatable bonds is 6. The average Bonchev–Trinajstić information content (AvgIpc) is 3.23. The quantitative estimate of drug-likeness (QED) is 0.734. The minimum absolute atomic E-state index is 0.113. The zero-order valence-corrected chi connectivity index (χ0v) is 18.1. The van der Waals surface area contributed by atoms with Gasteiger partial charge in [0.05, 0.1) is 12.3 Å². The summed E-state index contributed by atoms with van der Waals surface area (Å²) in [6.45, 7) is 5.02. The van der Waals surface area contributed by atoms with E-state index in [0.717, 1.165) is 5.75 Å². The van der Waals surface area contributed by atoms with E-state index in [0.29, 0.717) is 41.2 Å².